The fourth-order valence-corrected chi connectivity index (χ4v) is 2.65. The lowest BCUT2D eigenvalue weighted by Crippen LogP contribution is -2.25. The number of aryl methyl sites for hydroxylation is 2. The molecule has 0 spiro atoms. The van der Waals surface area contributed by atoms with Crippen molar-refractivity contribution in [3.63, 3.8) is 0 Å². The van der Waals surface area contributed by atoms with Gasteiger partial charge in [-0.3, -0.25) is 10.4 Å². The number of hydrogen-bond donors (Lipinski definition) is 1. The van der Waals surface area contributed by atoms with Gasteiger partial charge >= 0.3 is 0 Å². The van der Waals surface area contributed by atoms with E-state index in [1.807, 2.05) is 0 Å². The molecule has 4 nitrogen and oxygen atoms in total. The van der Waals surface area contributed by atoms with E-state index >= 15 is 0 Å². The van der Waals surface area contributed by atoms with E-state index in [0.717, 1.165) is 36.2 Å². The summed E-state index contributed by atoms with van der Waals surface area (Å²) < 4.78 is 5.00. The summed E-state index contributed by atoms with van der Waals surface area (Å²) in [4.78, 5) is 4.46. The van der Waals surface area contributed by atoms with Gasteiger partial charge in [0.1, 0.15) is 0 Å². The zero-order valence-electron chi connectivity index (χ0n) is 12.3. The predicted octanol–water partition coefficient (Wildman–Crippen LogP) is 2.74. The van der Waals surface area contributed by atoms with Gasteiger partial charge in [-0.15, -0.1) is 0 Å². The van der Waals surface area contributed by atoms with Crippen LogP contribution in [0, 0.1) is 13.8 Å². The summed E-state index contributed by atoms with van der Waals surface area (Å²) in [6.07, 6.45) is 0.940. The van der Waals surface area contributed by atoms with Gasteiger partial charge in [0.05, 0.1) is 5.71 Å². The van der Waals surface area contributed by atoms with Gasteiger partial charge in [0.25, 0.3) is 0 Å². The maximum absolute atomic E-state index is 5.00. The Morgan fingerprint density at radius 1 is 1.35 bits per heavy atom. The molecule has 1 aliphatic heterocycles. The fraction of sp³-hybridized carbons (Fsp3) is 0.467. The SMILES string of the molecule is COCCCN=C1NN=C(c2ccc(C)c(C)c2)CS1. The summed E-state index contributed by atoms with van der Waals surface area (Å²) in [7, 11) is 1.71. The number of nitrogens with one attached hydrogen (secondary N) is 1. The van der Waals surface area contributed by atoms with Gasteiger partial charge in [0.15, 0.2) is 5.17 Å². The minimum absolute atomic E-state index is 0.749. The van der Waals surface area contributed by atoms with Crippen molar-refractivity contribution in [3.8, 4) is 0 Å². The lowest BCUT2D eigenvalue weighted by Gasteiger charge is -2.15. The van der Waals surface area contributed by atoms with Crippen LogP contribution in [0.2, 0.25) is 0 Å². The van der Waals surface area contributed by atoms with Gasteiger partial charge in [-0.25, -0.2) is 0 Å². The van der Waals surface area contributed by atoms with Crippen LogP contribution in [-0.4, -0.2) is 36.9 Å². The molecule has 1 aromatic carbocycles. The molecule has 0 fully saturated rings. The van der Waals surface area contributed by atoms with Crippen LogP contribution in [0.3, 0.4) is 0 Å². The molecule has 0 atom stereocenters. The van der Waals surface area contributed by atoms with Crippen molar-refractivity contribution in [2.75, 3.05) is 26.0 Å². The molecule has 1 N–H and O–H groups in total. The lowest BCUT2D eigenvalue weighted by molar-refractivity contribution is 0.197. The number of amidine groups is 1. The fourth-order valence-electron chi connectivity index (χ4n) is 1.86. The zero-order chi connectivity index (χ0) is 14.4. The van der Waals surface area contributed by atoms with E-state index in [1.54, 1.807) is 18.9 Å². The molecule has 1 aliphatic rings. The van der Waals surface area contributed by atoms with Gasteiger partial charge in [0.2, 0.25) is 0 Å². The van der Waals surface area contributed by atoms with E-state index in [4.69, 9.17) is 4.74 Å². The zero-order valence-corrected chi connectivity index (χ0v) is 13.1. The number of hydrazone groups is 1. The van der Waals surface area contributed by atoms with Gasteiger partial charge in [-0.2, -0.15) is 5.10 Å². The molecule has 1 aromatic rings. The van der Waals surface area contributed by atoms with Gasteiger partial charge in [-0.1, -0.05) is 23.9 Å². The summed E-state index contributed by atoms with van der Waals surface area (Å²) >= 11 is 1.70. The summed E-state index contributed by atoms with van der Waals surface area (Å²) in [5.41, 5.74) is 7.91. The second-order valence-electron chi connectivity index (χ2n) is 4.79. The summed E-state index contributed by atoms with van der Waals surface area (Å²) in [6, 6.07) is 6.47. The second-order valence-corrected chi connectivity index (χ2v) is 5.76. The smallest absolute Gasteiger partial charge is 0.177 e. The second kappa shape index (κ2) is 7.45. The monoisotopic (exact) mass is 291 g/mol. The Labute approximate surface area is 124 Å². The molecule has 0 aromatic heterocycles. The molecular formula is C15H21N3OS. The minimum atomic E-state index is 0.749. The van der Waals surface area contributed by atoms with Crippen LogP contribution < -0.4 is 5.43 Å². The molecular weight excluding hydrogens is 270 g/mol. The van der Waals surface area contributed by atoms with Crippen molar-refractivity contribution in [3.05, 3.63) is 34.9 Å². The largest absolute Gasteiger partial charge is 0.385 e. The normalized spacial score (nSPS) is 16.9. The average molecular weight is 291 g/mol. The van der Waals surface area contributed by atoms with E-state index in [2.05, 4.69) is 47.6 Å². The minimum Gasteiger partial charge on any atom is -0.385 e. The average Bonchev–Trinajstić information content (AvgIpc) is 2.47. The topological polar surface area (TPSA) is 46.0 Å². The number of methoxy groups -OCH3 is 1. The van der Waals surface area contributed by atoms with Crippen LogP contribution in [0.5, 0.6) is 0 Å². The van der Waals surface area contributed by atoms with Crippen LogP contribution >= 0.6 is 11.8 Å². The molecule has 20 heavy (non-hydrogen) atoms. The van der Waals surface area contributed by atoms with E-state index in [9.17, 15) is 0 Å². The quantitative estimate of drug-likeness (QED) is 0.849. The third-order valence-electron chi connectivity index (χ3n) is 3.23. The first-order chi connectivity index (χ1) is 9.70. The van der Waals surface area contributed by atoms with Crippen molar-refractivity contribution in [1.82, 2.24) is 5.43 Å². The van der Waals surface area contributed by atoms with Crippen LogP contribution in [0.25, 0.3) is 0 Å². The van der Waals surface area contributed by atoms with Gasteiger partial charge in [-0.05, 0) is 43.0 Å². The van der Waals surface area contributed by atoms with Crippen molar-refractivity contribution >= 4 is 22.6 Å². The molecule has 0 unspecified atom stereocenters. The Bertz CT molecular complexity index is 526. The Morgan fingerprint density at radius 3 is 2.85 bits per heavy atom. The van der Waals surface area contributed by atoms with E-state index in [-0.39, 0.29) is 0 Å². The number of hydrogen-bond acceptors (Lipinski definition) is 4. The van der Waals surface area contributed by atoms with Crippen LogP contribution in [-0.2, 0) is 4.74 Å². The van der Waals surface area contributed by atoms with Crippen molar-refractivity contribution < 1.29 is 4.74 Å². The molecule has 0 saturated carbocycles. The number of ether oxygens (including phenoxy) is 1. The molecule has 0 saturated heterocycles. The molecule has 5 heteroatoms. The standard InChI is InChI=1S/C15H21N3OS/c1-11-5-6-13(9-12(11)2)14-10-20-15(18-17-14)16-7-4-8-19-3/h5-6,9H,4,7-8,10H2,1-3H3,(H,16,18). The number of thioether (sulfide) groups is 1. The Balaban J connectivity index is 1.96. The van der Waals surface area contributed by atoms with Gasteiger partial charge < -0.3 is 4.74 Å². The summed E-state index contributed by atoms with van der Waals surface area (Å²) in [5, 5.41) is 5.33. The number of benzene rings is 1. The Hall–Kier alpha value is -1.33. The van der Waals surface area contributed by atoms with E-state index in [0.29, 0.717) is 0 Å². The van der Waals surface area contributed by atoms with E-state index < -0.39 is 0 Å². The van der Waals surface area contributed by atoms with Crippen LogP contribution in [0.1, 0.15) is 23.1 Å². The first kappa shape index (κ1) is 15.1. The van der Waals surface area contributed by atoms with Crippen molar-refractivity contribution in [2.45, 2.75) is 20.3 Å². The highest BCUT2D eigenvalue weighted by molar-refractivity contribution is 8.14. The number of rotatable bonds is 5. The van der Waals surface area contributed by atoms with Crippen molar-refractivity contribution in [2.24, 2.45) is 10.1 Å². The third-order valence-corrected chi connectivity index (χ3v) is 4.15. The number of aliphatic imine (C=N–C) groups is 1. The van der Waals surface area contributed by atoms with Gasteiger partial charge in [0, 0.05) is 26.0 Å². The molecule has 0 amide bonds. The highest BCUT2D eigenvalue weighted by Crippen LogP contribution is 2.16. The molecule has 0 bridgehead atoms. The Kier molecular flexibility index (Phi) is 5.61. The maximum Gasteiger partial charge on any atom is 0.177 e. The Morgan fingerprint density at radius 2 is 2.20 bits per heavy atom. The lowest BCUT2D eigenvalue weighted by atomic mass is 10.0. The highest BCUT2D eigenvalue weighted by Gasteiger charge is 2.13. The first-order valence-electron chi connectivity index (χ1n) is 6.77. The predicted molar refractivity (Wildman–Crippen MR) is 86.8 cm³/mol. The highest BCUT2D eigenvalue weighted by atomic mass is 32.2. The van der Waals surface area contributed by atoms with E-state index in [1.165, 1.54) is 16.7 Å². The summed E-state index contributed by atoms with van der Waals surface area (Å²) in [5.74, 6) is 0.860. The molecule has 0 aliphatic carbocycles. The third kappa shape index (κ3) is 4.08. The molecule has 0 radical (unpaired) electrons. The molecule has 1 heterocycles. The number of nitrogens with zero attached hydrogens (tertiary/aromatic N) is 2. The van der Waals surface area contributed by atoms with Crippen LogP contribution in [0.4, 0.5) is 0 Å². The molecule has 2 rings (SSSR count). The maximum atomic E-state index is 5.00. The first-order valence-corrected chi connectivity index (χ1v) is 7.75. The molecule has 108 valence electrons. The summed E-state index contributed by atoms with van der Waals surface area (Å²) in [6.45, 7) is 5.78. The van der Waals surface area contributed by atoms with Crippen molar-refractivity contribution in [1.29, 1.82) is 0 Å². The van der Waals surface area contributed by atoms with Crippen LogP contribution in [0.15, 0.2) is 28.3 Å².